The average molecular weight is 273 g/mol. The normalized spacial score (nSPS) is 18.6. The molecule has 1 atom stereocenters. The molecule has 0 saturated carbocycles. The molecule has 20 heavy (non-hydrogen) atoms. The highest BCUT2D eigenvalue weighted by Crippen LogP contribution is 2.25. The number of carbonyl (C=O) groups excluding carboxylic acids is 1. The number of hydrogen-bond donors (Lipinski definition) is 2. The third-order valence-electron chi connectivity index (χ3n) is 3.70. The van der Waals surface area contributed by atoms with Gasteiger partial charge in [0, 0.05) is 23.6 Å². The fourth-order valence-corrected chi connectivity index (χ4v) is 2.53. The SMILES string of the molecule is CN(C)CCc1c[nH]c2ccc(C3COC(=O)N3)cc12. The van der Waals surface area contributed by atoms with Crippen molar-refractivity contribution in [1.29, 1.82) is 0 Å². The van der Waals surface area contributed by atoms with Crippen LogP contribution in [0.15, 0.2) is 24.4 Å². The van der Waals surface area contributed by atoms with Gasteiger partial charge in [0.2, 0.25) is 0 Å². The van der Waals surface area contributed by atoms with Gasteiger partial charge < -0.3 is 19.9 Å². The van der Waals surface area contributed by atoms with Crippen molar-refractivity contribution >= 4 is 17.0 Å². The molecule has 5 heteroatoms. The van der Waals surface area contributed by atoms with Crippen LogP contribution in [-0.2, 0) is 11.2 Å². The van der Waals surface area contributed by atoms with E-state index >= 15 is 0 Å². The molecule has 2 aromatic rings. The molecule has 0 spiro atoms. The van der Waals surface area contributed by atoms with E-state index in [1.807, 2.05) is 6.07 Å². The first-order valence-corrected chi connectivity index (χ1v) is 6.81. The van der Waals surface area contributed by atoms with Gasteiger partial charge in [0.05, 0.1) is 6.04 Å². The molecule has 1 aliphatic rings. The van der Waals surface area contributed by atoms with Gasteiger partial charge in [0.25, 0.3) is 0 Å². The number of fused-ring (bicyclic) bond motifs is 1. The second-order valence-corrected chi connectivity index (χ2v) is 5.47. The molecule has 2 N–H and O–H groups in total. The third kappa shape index (κ3) is 2.49. The summed E-state index contributed by atoms with van der Waals surface area (Å²) in [5.74, 6) is 0. The number of nitrogens with zero attached hydrogens (tertiary/aromatic N) is 1. The quantitative estimate of drug-likeness (QED) is 0.896. The van der Waals surface area contributed by atoms with Gasteiger partial charge in [-0.15, -0.1) is 0 Å². The summed E-state index contributed by atoms with van der Waals surface area (Å²) >= 11 is 0. The lowest BCUT2D eigenvalue weighted by Gasteiger charge is -2.10. The minimum absolute atomic E-state index is 0.0384. The van der Waals surface area contributed by atoms with Crippen molar-refractivity contribution in [3.05, 3.63) is 35.5 Å². The molecular weight excluding hydrogens is 254 g/mol. The number of benzene rings is 1. The predicted molar refractivity (Wildman–Crippen MR) is 77.8 cm³/mol. The molecule has 2 heterocycles. The van der Waals surface area contributed by atoms with E-state index in [1.54, 1.807) is 0 Å². The van der Waals surface area contributed by atoms with Crippen LogP contribution in [-0.4, -0.2) is 43.2 Å². The van der Waals surface area contributed by atoms with Gasteiger partial charge in [-0.1, -0.05) is 6.07 Å². The monoisotopic (exact) mass is 273 g/mol. The van der Waals surface area contributed by atoms with Crippen LogP contribution in [0, 0.1) is 0 Å². The summed E-state index contributed by atoms with van der Waals surface area (Å²) in [5.41, 5.74) is 3.53. The predicted octanol–water partition coefficient (Wildman–Crippen LogP) is 2.05. The lowest BCUT2D eigenvalue weighted by Crippen LogP contribution is -2.18. The molecule has 1 aromatic heterocycles. The van der Waals surface area contributed by atoms with Crippen molar-refractivity contribution in [2.24, 2.45) is 0 Å². The van der Waals surface area contributed by atoms with Crippen LogP contribution in [0.2, 0.25) is 0 Å². The smallest absolute Gasteiger partial charge is 0.407 e. The standard InChI is InChI=1S/C15H19N3O2/c1-18(2)6-5-11-8-16-13-4-3-10(7-12(11)13)14-9-20-15(19)17-14/h3-4,7-8,14,16H,5-6,9H2,1-2H3,(H,17,19). The van der Waals surface area contributed by atoms with E-state index in [1.165, 1.54) is 10.9 Å². The molecular formula is C15H19N3O2. The largest absolute Gasteiger partial charge is 0.447 e. The van der Waals surface area contributed by atoms with Crippen LogP contribution < -0.4 is 5.32 Å². The molecule has 0 bridgehead atoms. The number of amides is 1. The number of hydrogen-bond acceptors (Lipinski definition) is 3. The Morgan fingerprint density at radius 2 is 2.25 bits per heavy atom. The zero-order valence-corrected chi connectivity index (χ0v) is 11.8. The molecule has 0 aliphatic carbocycles. The highest BCUT2D eigenvalue weighted by Gasteiger charge is 2.24. The average Bonchev–Trinajstić information content (AvgIpc) is 3.02. The van der Waals surface area contributed by atoms with Crippen LogP contribution >= 0.6 is 0 Å². The van der Waals surface area contributed by atoms with Crippen molar-refractivity contribution in [1.82, 2.24) is 15.2 Å². The first-order chi connectivity index (χ1) is 9.63. The Balaban J connectivity index is 1.88. The minimum Gasteiger partial charge on any atom is -0.447 e. The summed E-state index contributed by atoms with van der Waals surface area (Å²) in [5, 5.41) is 4.04. The third-order valence-corrected chi connectivity index (χ3v) is 3.70. The van der Waals surface area contributed by atoms with E-state index in [4.69, 9.17) is 4.74 Å². The van der Waals surface area contributed by atoms with E-state index in [0.717, 1.165) is 24.0 Å². The molecule has 0 radical (unpaired) electrons. The molecule has 1 aliphatic heterocycles. The number of nitrogens with one attached hydrogen (secondary N) is 2. The van der Waals surface area contributed by atoms with Crippen molar-refractivity contribution in [3.8, 4) is 0 Å². The highest BCUT2D eigenvalue weighted by atomic mass is 16.6. The number of rotatable bonds is 4. The number of aromatic amines is 1. The van der Waals surface area contributed by atoms with Crippen LogP contribution in [0.1, 0.15) is 17.2 Å². The number of H-pyrrole nitrogens is 1. The Kier molecular flexibility index (Phi) is 3.36. The zero-order valence-electron chi connectivity index (χ0n) is 11.8. The number of aromatic nitrogens is 1. The second-order valence-electron chi connectivity index (χ2n) is 5.47. The maximum Gasteiger partial charge on any atom is 0.407 e. The number of alkyl carbamates (subject to hydrolysis) is 1. The summed E-state index contributed by atoms with van der Waals surface area (Å²) < 4.78 is 4.96. The molecule has 3 rings (SSSR count). The zero-order chi connectivity index (χ0) is 14.1. The molecule has 5 nitrogen and oxygen atoms in total. The van der Waals surface area contributed by atoms with Gasteiger partial charge >= 0.3 is 6.09 Å². The van der Waals surface area contributed by atoms with E-state index in [9.17, 15) is 4.79 Å². The Hall–Kier alpha value is -2.01. The maximum atomic E-state index is 11.1. The molecule has 1 unspecified atom stereocenters. The number of cyclic esters (lactones) is 1. The summed E-state index contributed by atoms with van der Waals surface area (Å²) in [6.07, 6.45) is 2.74. The number of likely N-dealkylation sites (N-methyl/N-ethyl adjacent to an activating group) is 1. The summed E-state index contributed by atoms with van der Waals surface area (Å²) in [6.45, 7) is 1.42. The van der Waals surface area contributed by atoms with Gasteiger partial charge in [-0.25, -0.2) is 4.79 Å². The molecule has 1 saturated heterocycles. The fourth-order valence-electron chi connectivity index (χ4n) is 2.53. The minimum atomic E-state index is -0.336. The van der Waals surface area contributed by atoms with E-state index in [0.29, 0.717) is 6.61 Å². The van der Waals surface area contributed by atoms with Crippen LogP contribution in [0.5, 0.6) is 0 Å². The van der Waals surface area contributed by atoms with Gasteiger partial charge in [-0.2, -0.15) is 0 Å². The number of ether oxygens (including phenoxy) is 1. The highest BCUT2D eigenvalue weighted by molar-refractivity contribution is 5.84. The van der Waals surface area contributed by atoms with Crippen LogP contribution in [0.25, 0.3) is 10.9 Å². The van der Waals surface area contributed by atoms with Crippen LogP contribution in [0.3, 0.4) is 0 Å². The molecule has 1 fully saturated rings. The topological polar surface area (TPSA) is 57.4 Å². The number of carbonyl (C=O) groups is 1. The van der Waals surface area contributed by atoms with Crippen molar-refractivity contribution in [2.45, 2.75) is 12.5 Å². The van der Waals surface area contributed by atoms with E-state index in [-0.39, 0.29) is 12.1 Å². The molecule has 1 amide bonds. The van der Waals surface area contributed by atoms with E-state index in [2.05, 4.69) is 47.6 Å². The molecule has 106 valence electrons. The second kappa shape index (κ2) is 5.17. The van der Waals surface area contributed by atoms with Gasteiger partial charge in [-0.3, -0.25) is 0 Å². The summed E-state index contributed by atoms with van der Waals surface area (Å²) in [7, 11) is 4.15. The lowest BCUT2D eigenvalue weighted by molar-refractivity contribution is 0.177. The first kappa shape index (κ1) is 13.0. The van der Waals surface area contributed by atoms with Crippen molar-refractivity contribution < 1.29 is 9.53 Å². The maximum absolute atomic E-state index is 11.1. The first-order valence-electron chi connectivity index (χ1n) is 6.81. The van der Waals surface area contributed by atoms with Gasteiger partial charge in [0.15, 0.2) is 0 Å². The fraction of sp³-hybridized carbons (Fsp3) is 0.400. The molecule has 1 aromatic carbocycles. The summed E-state index contributed by atoms with van der Waals surface area (Å²) in [6, 6.07) is 6.21. The Morgan fingerprint density at radius 1 is 1.40 bits per heavy atom. The summed E-state index contributed by atoms with van der Waals surface area (Å²) in [4.78, 5) is 16.6. The Bertz CT molecular complexity index is 633. The lowest BCUT2D eigenvalue weighted by atomic mass is 10.0. The van der Waals surface area contributed by atoms with Gasteiger partial charge in [-0.05, 0) is 43.8 Å². The van der Waals surface area contributed by atoms with Gasteiger partial charge in [0.1, 0.15) is 6.61 Å². The van der Waals surface area contributed by atoms with Crippen LogP contribution in [0.4, 0.5) is 4.79 Å². The Labute approximate surface area is 117 Å². The Morgan fingerprint density at radius 3 is 2.95 bits per heavy atom. The van der Waals surface area contributed by atoms with Crippen molar-refractivity contribution in [2.75, 3.05) is 27.2 Å². The van der Waals surface area contributed by atoms with Crippen molar-refractivity contribution in [3.63, 3.8) is 0 Å². The van der Waals surface area contributed by atoms with E-state index < -0.39 is 0 Å².